The number of ether oxygens (including phenoxy) is 1. The fourth-order valence-corrected chi connectivity index (χ4v) is 1.38. The molecule has 1 aromatic rings. The number of carbonyl (C=O) groups is 1. The molecule has 1 heterocycles. The smallest absolute Gasteiger partial charge is 0.417 e. The Balaban J connectivity index is 3.31. The van der Waals surface area contributed by atoms with Gasteiger partial charge in [0.05, 0.1) is 12.7 Å². The standard InChI is InChI=1S/C12H14F3N5O2/c1-4-20(2)19-10(16)7-6-17-9(18-11(21)22-3)5-8(7)12(13,14)15/h4-6H,1H2,2-3H3,(H2,16,19)(H,17,18,21). The van der Waals surface area contributed by atoms with Gasteiger partial charge in [0, 0.05) is 25.0 Å². The van der Waals surface area contributed by atoms with Crippen LogP contribution < -0.4 is 11.1 Å². The number of hydrogen-bond acceptors (Lipinski definition) is 5. The van der Waals surface area contributed by atoms with Crippen LogP contribution in [-0.4, -0.2) is 36.1 Å². The van der Waals surface area contributed by atoms with Crippen molar-refractivity contribution >= 4 is 17.7 Å². The third-order valence-corrected chi connectivity index (χ3v) is 2.43. The molecule has 0 aliphatic carbocycles. The zero-order valence-electron chi connectivity index (χ0n) is 11.8. The number of amidine groups is 1. The molecule has 0 spiro atoms. The maximum atomic E-state index is 13.1. The van der Waals surface area contributed by atoms with Crippen molar-refractivity contribution in [1.29, 1.82) is 0 Å². The third-order valence-electron chi connectivity index (χ3n) is 2.43. The molecule has 10 heteroatoms. The number of nitrogens with zero attached hydrogens (tertiary/aromatic N) is 3. The van der Waals surface area contributed by atoms with Crippen LogP contribution >= 0.6 is 0 Å². The number of halogens is 3. The van der Waals surface area contributed by atoms with E-state index in [-0.39, 0.29) is 5.82 Å². The molecule has 0 atom stereocenters. The molecule has 3 N–H and O–H groups in total. The maximum absolute atomic E-state index is 13.1. The van der Waals surface area contributed by atoms with Gasteiger partial charge in [-0.2, -0.15) is 18.3 Å². The number of alkyl halides is 3. The molecule has 1 amide bonds. The molecule has 120 valence electrons. The average Bonchev–Trinajstić information content (AvgIpc) is 2.45. The summed E-state index contributed by atoms with van der Waals surface area (Å²) in [6.45, 7) is 3.40. The molecule has 0 unspecified atom stereocenters. The van der Waals surface area contributed by atoms with Crippen molar-refractivity contribution in [3.05, 3.63) is 36.2 Å². The van der Waals surface area contributed by atoms with Crippen molar-refractivity contribution in [1.82, 2.24) is 9.99 Å². The van der Waals surface area contributed by atoms with Crippen LogP contribution in [-0.2, 0) is 10.9 Å². The lowest BCUT2D eigenvalue weighted by Gasteiger charge is -2.15. The molecule has 22 heavy (non-hydrogen) atoms. The topological polar surface area (TPSA) is 92.8 Å². The van der Waals surface area contributed by atoms with Crippen molar-refractivity contribution in [2.24, 2.45) is 10.8 Å². The van der Waals surface area contributed by atoms with Crippen LogP contribution in [0.5, 0.6) is 0 Å². The summed E-state index contributed by atoms with van der Waals surface area (Å²) >= 11 is 0. The summed E-state index contributed by atoms with van der Waals surface area (Å²) in [4.78, 5) is 14.7. The number of methoxy groups -OCH3 is 1. The second-order valence-electron chi connectivity index (χ2n) is 3.97. The van der Waals surface area contributed by atoms with Crippen molar-refractivity contribution in [2.75, 3.05) is 19.5 Å². The minimum absolute atomic E-state index is 0.326. The summed E-state index contributed by atoms with van der Waals surface area (Å²) < 4.78 is 43.6. The van der Waals surface area contributed by atoms with Crippen LogP contribution in [0.15, 0.2) is 30.1 Å². The highest BCUT2D eigenvalue weighted by Gasteiger charge is 2.35. The normalized spacial score (nSPS) is 11.8. The second-order valence-corrected chi connectivity index (χ2v) is 3.97. The van der Waals surface area contributed by atoms with Gasteiger partial charge in [0.25, 0.3) is 0 Å². The van der Waals surface area contributed by atoms with Crippen molar-refractivity contribution in [3.8, 4) is 0 Å². The van der Waals surface area contributed by atoms with Gasteiger partial charge in [-0.1, -0.05) is 6.58 Å². The Kier molecular flexibility index (Phi) is 5.33. The summed E-state index contributed by atoms with van der Waals surface area (Å²) in [5.74, 6) is -0.723. The minimum atomic E-state index is -4.71. The zero-order valence-corrected chi connectivity index (χ0v) is 11.8. The molecule has 0 radical (unpaired) electrons. The molecule has 7 nitrogen and oxygen atoms in total. The minimum Gasteiger partial charge on any atom is -0.453 e. The number of nitrogens with two attached hydrogens (primary N) is 1. The van der Waals surface area contributed by atoms with Crippen molar-refractivity contribution in [3.63, 3.8) is 0 Å². The Hall–Kier alpha value is -2.78. The molecule has 0 aliphatic heterocycles. The Morgan fingerprint density at radius 2 is 2.23 bits per heavy atom. The highest BCUT2D eigenvalue weighted by atomic mass is 19.4. The number of hydrazone groups is 1. The van der Waals surface area contributed by atoms with Crippen LogP contribution in [0.25, 0.3) is 0 Å². The molecule has 0 aromatic carbocycles. The monoisotopic (exact) mass is 317 g/mol. The third kappa shape index (κ3) is 4.36. The quantitative estimate of drug-likeness (QED) is 0.503. The van der Waals surface area contributed by atoms with E-state index in [1.54, 1.807) is 0 Å². The summed E-state index contributed by atoms with van der Waals surface area (Å²) in [7, 11) is 2.53. The number of hydrogen-bond donors (Lipinski definition) is 2. The lowest BCUT2D eigenvalue weighted by atomic mass is 10.1. The van der Waals surface area contributed by atoms with E-state index in [0.29, 0.717) is 6.07 Å². The van der Waals surface area contributed by atoms with Gasteiger partial charge in [0.2, 0.25) is 0 Å². The molecular formula is C12H14F3N5O2. The molecule has 0 fully saturated rings. The van der Waals surface area contributed by atoms with Gasteiger partial charge in [0.1, 0.15) is 5.82 Å². The van der Waals surface area contributed by atoms with Crippen LogP contribution in [0.2, 0.25) is 0 Å². The number of pyridine rings is 1. The Bertz CT molecular complexity index is 601. The highest BCUT2D eigenvalue weighted by Crippen LogP contribution is 2.33. The van der Waals surface area contributed by atoms with E-state index < -0.39 is 29.2 Å². The zero-order chi connectivity index (χ0) is 16.9. The average molecular weight is 317 g/mol. The fourth-order valence-electron chi connectivity index (χ4n) is 1.38. The number of rotatable bonds is 4. The van der Waals surface area contributed by atoms with E-state index in [1.807, 2.05) is 5.32 Å². The van der Waals surface area contributed by atoms with Crippen LogP contribution in [0.1, 0.15) is 11.1 Å². The first-order valence-corrected chi connectivity index (χ1v) is 5.81. The van der Waals surface area contributed by atoms with E-state index in [4.69, 9.17) is 5.73 Å². The Morgan fingerprint density at radius 1 is 1.59 bits per heavy atom. The summed E-state index contributed by atoms with van der Waals surface area (Å²) in [5, 5.41) is 6.90. The SMILES string of the molecule is C=CN(C)/N=C(\N)c1cnc(NC(=O)OC)cc1C(F)(F)F. The van der Waals surface area contributed by atoms with Gasteiger partial charge < -0.3 is 10.5 Å². The largest absolute Gasteiger partial charge is 0.453 e. The molecule has 0 saturated carbocycles. The molecule has 1 aromatic heterocycles. The van der Waals surface area contributed by atoms with E-state index in [1.165, 1.54) is 13.2 Å². The van der Waals surface area contributed by atoms with Gasteiger partial charge in [-0.05, 0) is 6.07 Å². The first-order valence-electron chi connectivity index (χ1n) is 5.81. The number of carbonyl (C=O) groups excluding carboxylic acids is 1. The van der Waals surface area contributed by atoms with Gasteiger partial charge in [0.15, 0.2) is 5.84 Å². The lowest BCUT2D eigenvalue weighted by molar-refractivity contribution is -0.137. The Labute approximate surface area is 124 Å². The maximum Gasteiger partial charge on any atom is 0.417 e. The number of nitrogens with one attached hydrogen (secondary N) is 1. The summed E-state index contributed by atoms with van der Waals surface area (Å²) in [6, 6.07) is 0.641. The second kappa shape index (κ2) is 6.78. The Morgan fingerprint density at radius 3 is 2.73 bits per heavy atom. The van der Waals surface area contributed by atoms with E-state index in [0.717, 1.165) is 18.3 Å². The fraction of sp³-hybridized carbons (Fsp3) is 0.250. The highest BCUT2D eigenvalue weighted by molar-refractivity contribution is 5.99. The molecule has 1 rings (SSSR count). The van der Waals surface area contributed by atoms with Gasteiger partial charge in [-0.15, -0.1) is 0 Å². The predicted molar refractivity (Wildman–Crippen MR) is 74.0 cm³/mol. The number of amides is 1. The lowest BCUT2D eigenvalue weighted by Crippen LogP contribution is -2.23. The van der Waals surface area contributed by atoms with Gasteiger partial charge in [-0.3, -0.25) is 10.3 Å². The summed E-state index contributed by atoms with van der Waals surface area (Å²) in [5.41, 5.74) is 4.05. The molecule has 0 saturated heterocycles. The first kappa shape index (κ1) is 17.3. The van der Waals surface area contributed by atoms with Crippen LogP contribution in [0.3, 0.4) is 0 Å². The first-order chi connectivity index (χ1) is 10.2. The molecule has 0 aliphatic rings. The number of aromatic nitrogens is 1. The van der Waals surface area contributed by atoms with Gasteiger partial charge >= 0.3 is 12.3 Å². The van der Waals surface area contributed by atoms with Gasteiger partial charge in [-0.25, -0.2) is 9.78 Å². The number of anilines is 1. The van der Waals surface area contributed by atoms with Crippen molar-refractivity contribution in [2.45, 2.75) is 6.18 Å². The van der Waals surface area contributed by atoms with Crippen molar-refractivity contribution < 1.29 is 22.7 Å². The molecular weight excluding hydrogens is 303 g/mol. The van der Waals surface area contributed by atoms with E-state index in [2.05, 4.69) is 21.4 Å². The van der Waals surface area contributed by atoms with E-state index >= 15 is 0 Å². The molecule has 0 bridgehead atoms. The van der Waals surface area contributed by atoms with E-state index in [9.17, 15) is 18.0 Å². The van der Waals surface area contributed by atoms with Crippen LogP contribution in [0, 0.1) is 0 Å². The van der Waals surface area contributed by atoms with Crippen LogP contribution in [0.4, 0.5) is 23.8 Å². The predicted octanol–water partition coefficient (Wildman–Crippen LogP) is 1.97. The summed E-state index contributed by atoms with van der Waals surface area (Å²) in [6.07, 6.45) is -3.52.